The van der Waals surface area contributed by atoms with Gasteiger partial charge in [0.1, 0.15) is 6.67 Å². The Morgan fingerprint density at radius 2 is 1.07 bits per heavy atom. The summed E-state index contributed by atoms with van der Waals surface area (Å²) in [5, 5.41) is 3.37. The molecule has 0 bridgehead atoms. The molecule has 1 heterocycles. The van der Waals surface area contributed by atoms with Gasteiger partial charge in [-0.25, -0.2) is 0 Å². The first-order chi connectivity index (χ1) is 13.9. The molecule has 2 nitrogen and oxygen atoms in total. The van der Waals surface area contributed by atoms with E-state index in [1.807, 2.05) is 0 Å². The van der Waals surface area contributed by atoms with Crippen molar-refractivity contribution in [2.75, 3.05) is 12.0 Å². The molecule has 1 N–H and O–H groups in total. The maximum atomic E-state index is 4.82. The number of anilines is 1. The van der Waals surface area contributed by atoms with E-state index in [1.165, 1.54) is 22.3 Å². The summed E-state index contributed by atoms with van der Waals surface area (Å²) in [7, 11) is 0. The van der Waals surface area contributed by atoms with Gasteiger partial charge < -0.3 is 5.32 Å². The third kappa shape index (κ3) is 3.10. The summed E-state index contributed by atoms with van der Waals surface area (Å²) in [5.41, 5.74) is 9.32. The zero-order valence-corrected chi connectivity index (χ0v) is 15.5. The Balaban J connectivity index is 1.71. The van der Waals surface area contributed by atoms with Crippen molar-refractivity contribution in [1.29, 1.82) is 0 Å². The molecule has 0 fully saturated rings. The Kier molecular flexibility index (Phi) is 4.23. The molecule has 0 radical (unpaired) electrons. The molecule has 4 aromatic rings. The van der Waals surface area contributed by atoms with Gasteiger partial charge in [0.2, 0.25) is 0 Å². The van der Waals surface area contributed by atoms with Gasteiger partial charge in [0, 0.05) is 16.8 Å². The summed E-state index contributed by atoms with van der Waals surface area (Å²) >= 11 is 0. The van der Waals surface area contributed by atoms with E-state index in [9.17, 15) is 0 Å². The molecule has 0 aliphatic carbocycles. The van der Waals surface area contributed by atoms with Crippen LogP contribution in [-0.4, -0.2) is 12.4 Å². The van der Waals surface area contributed by atoms with Crippen molar-refractivity contribution in [3.05, 3.63) is 114 Å². The molecule has 0 saturated carbocycles. The maximum Gasteiger partial charge on any atom is 0.108 e. The Morgan fingerprint density at radius 1 is 0.536 bits per heavy atom. The Bertz CT molecular complexity index is 1090. The summed E-state index contributed by atoms with van der Waals surface area (Å²) in [5.74, 6) is 0. The monoisotopic (exact) mass is 360 g/mol. The molecule has 0 atom stereocenters. The fraction of sp³-hybridized carbons (Fsp3) is 0.0385. The second-order valence-electron chi connectivity index (χ2n) is 6.92. The van der Waals surface area contributed by atoms with E-state index in [1.54, 1.807) is 0 Å². The summed E-state index contributed by atoms with van der Waals surface area (Å²) in [6.07, 6.45) is 0. The summed E-state index contributed by atoms with van der Waals surface area (Å²) < 4.78 is 0. The number of fused-ring (bicyclic) bond motifs is 1. The van der Waals surface area contributed by atoms with Crippen molar-refractivity contribution in [2.24, 2.45) is 4.99 Å². The fourth-order valence-electron chi connectivity index (χ4n) is 3.74. The van der Waals surface area contributed by atoms with Gasteiger partial charge in [-0.1, -0.05) is 78.9 Å². The number of nitrogens with zero attached hydrogens (tertiary/aromatic N) is 1. The number of rotatable bonds is 3. The minimum Gasteiger partial charge on any atom is -0.366 e. The minimum absolute atomic E-state index is 0.600. The highest BCUT2D eigenvalue weighted by atomic mass is 15.0. The predicted molar refractivity (Wildman–Crippen MR) is 118 cm³/mol. The number of hydrogen-bond donors (Lipinski definition) is 1. The molecule has 1 aliphatic rings. The van der Waals surface area contributed by atoms with Crippen molar-refractivity contribution < 1.29 is 0 Å². The van der Waals surface area contributed by atoms with Gasteiger partial charge in [-0.3, -0.25) is 4.99 Å². The van der Waals surface area contributed by atoms with E-state index in [4.69, 9.17) is 4.99 Å². The quantitative estimate of drug-likeness (QED) is 0.459. The molecule has 1 aliphatic heterocycles. The SMILES string of the molecule is c1ccc(-c2cc(C3=NCNc4ccccc43)cc(-c3ccccc3)c2)cc1. The standard InChI is InChI=1S/C26H20N2/c1-3-9-19(10-4-1)21-15-22(20-11-5-2-6-12-20)17-23(16-21)26-24-13-7-8-14-25(24)27-18-28-26/h1-17,27H,18H2. The lowest BCUT2D eigenvalue weighted by atomic mass is 9.91. The Hall–Kier alpha value is -3.65. The molecule has 4 aromatic carbocycles. The van der Waals surface area contributed by atoms with Crippen LogP contribution in [0.3, 0.4) is 0 Å². The van der Waals surface area contributed by atoms with Gasteiger partial charge in [-0.15, -0.1) is 0 Å². The first-order valence-corrected chi connectivity index (χ1v) is 9.52. The molecular weight excluding hydrogens is 340 g/mol. The lowest BCUT2D eigenvalue weighted by Gasteiger charge is -2.20. The summed E-state index contributed by atoms with van der Waals surface area (Å²) in [4.78, 5) is 4.82. The third-order valence-corrected chi connectivity index (χ3v) is 5.11. The largest absolute Gasteiger partial charge is 0.366 e. The molecule has 0 spiro atoms. The van der Waals surface area contributed by atoms with Gasteiger partial charge in [-0.05, 0) is 46.5 Å². The van der Waals surface area contributed by atoms with Gasteiger partial charge >= 0.3 is 0 Å². The smallest absolute Gasteiger partial charge is 0.108 e. The first kappa shape index (κ1) is 16.5. The van der Waals surface area contributed by atoms with Gasteiger partial charge in [-0.2, -0.15) is 0 Å². The molecular formula is C26H20N2. The molecule has 0 unspecified atom stereocenters. The highest BCUT2D eigenvalue weighted by Crippen LogP contribution is 2.31. The van der Waals surface area contributed by atoms with E-state index in [0.29, 0.717) is 6.67 Å². The van der Waals surface area contributed by atoms with Crippen LogP contribution < -0.4 is 5.32 Å². The van der Waals surface area contributed by atoms with Crippen LogP contribution in [0.5, 0.6) is 0 Å². The average Bonchev–Trinajstić information content (AvgIpc) is 2.79. The molecule has 0 saturated heterocycles. The predicted octanol–water partition coefficient (Wildman–Crippen LogP) is 6.24. The summed E-state index contributed by atoms with van der Waals surface area (Å²) in [6, 6.07) is 36.2. The number of para-hydroxylation sites is 1. The lowest BCUT2D eigenvalue weighted by Crippen LogP contribution is -2.16. The van der Waals surface area contributed by atoms with Gasteiger partial charge in [0.25, 0.3) is 0 Å². The normalized spacial score (nSPS) is 12.6. The van der Waals surface area contributed by atoms with Crippen molar-refractivity contribution in [3.63, 3.8) is 0 Å². The van der Waals surface area contributed by atoms with Crippen molar-refractivity contribution >= 4 is 11.4 Å². The Morgan fingerprint density at radius 3 is 1.71 bits per heavy atom. The van der Waals surface area contributed by atoms with Crippen LogP contribution in [0, 0.1) is 0 Å². The second-order valence-corrected chi connectivity index (χ2v) is 6.92. The van der Waals surface area contributed by atoms with Crippen LogP contribution in [0.2, 0.25) is 0 Å². The van der Waals surface area contributed by atoms with Crippen LogP contribution in [0.25, 0.3) is 22.3 Å². The topological polar surface area (TPSA) is 24.4 Å². The number of benzene rings is 4. The second kappa shape index (κ2) is 7.16. The number of hydrogen-bond acceptors (Lipinski definition) is 2. The van der Waals surface area contributed by atoms with E-state index < -0.39 is 0 Å². The van der Waals surface area contributed by atoms with E-state index in [0.717, 1.165) is 22.5 Å². The van der Waals surface area contributed by atoms with E-state index in [2.05, 4.69) is 108 Å². The lowest BCUT2D eigenvalue weighted by molar-refractivity contribution is 1.11. The van der Waals surface area contributed by atoms with Crippen molar-refractivity contribution in [3.8, 4) is 22.3 Å². The first-order valence-electron chi connectivity index (χ1n) is 9.52. The highest BCUT2D eigenvalue weighted by Gasteiger charge is 2.17. The fourth-order valence-corrected chi connectivity index (χ4v) is 3.74. The van der Waals surface area contributed by atoms with Crippen LogP contribution in [0.15, 0.2) is 108 Å². The number of nitrogens with one attached hydrogen (secondary N) is 1. The minimum atomic E-state index is 0.600. The van der Waals surface area contributed by atoms with Crippen LogP contribution in [0.1, 0.15) is 11.1 Å². The number of aliphatic imine (C=N–C) groups is 1. The molecule has 0 amide bonds. The Labute approximate surface area is 165 Å². The third-order valence-electron chi connectivity index (χ3n) is 5.11. The average molecular weight is 360 g/mol. The maximum absolute atomic E-state index is 4.82. The van der Waals surface area contributed by atoms with Crippen molar-refractivity contribution in [1.82, 2.24) is 0 Å². The molecule has 0 aromatic heterocycles. The van der Waals surface area contributed by atoms with Gasteiger partial charge in [0.05, 0.1) is 5.71 Å². The zero-order chi connectivity index (χ0) is 18.8. The molecule has 134 valence electrons. The van der Waals surface area contributed by atoms with Crippen molar-refractivity contribution in [2.45, 2.75) is 0 Å². The highest BCUT2D eigenvalue weighted by molar-refractivity contribution is 6.17. The van der Waals surface area contributed by atoms with Gasteiger partial charge in [0.15, 0.2) is 0 Å². The zero-order valence-electron chi connectivity index (χ0n) is 15.5. The van der Waals surface area contributed by atoms with Crippen LogP contribution in [0.4, 0.5) is 5.69 Å². The molecule has 2 heteroatoms. The van der Waals surface area contributed by atoms with Crippen LogP contribution in [-0.2, 0) is 0 Å². The summed E-state index contributed by atoms with van der Waals surface area (Å²) in [6.45, 7) is 0.600. The van der Waals surface area contributed by atoms with Crippen LogP contribution >= 0.6 is 0 Å². The molecule has 5 rings (SSSR count). The van der Waals surface area contributed by atoms with E-state index in [-0.39, 0.29) is 0 Å². The molecule has 28 heavy (non-hydrogen) atoms. The van der Waals surface area contributed by atoms with E-state index >= 15 is 0 Å².